The Bertz CT molecular complexity index is 1340. The molecule has 0 bridgehead atoms. The van der Waals surface area contributed by atoms with Crippen LogP contribution in [0.1, 0.15) is 43.9 Å². The fraction of sp³-hybridized carbons (Fsp3) is 0.292. The van der Waals surface area contributed by atoms with Crippen LogP contribution in [-0.2, 0) is 10.5 Å². The molecule has 1 aliphatic carbocycles. The quantitative estimate of drug-likeness (QED) is 0.271. The van der Waals surface area contributed by atoms with Crippen molar-refractivity contribution >= 4 is 40.8 Å². The Hall–Kier alpha value is -3.17. The Morgan fingerprint density at radius 3 is 2.74 bits per heavy atom. The summed E-state index contributed by atoms with van der Waals surface area (Å²) in [4.78, 5) is 29.0. The summed E-state index contributed by atoms with van der Waals surface area (Å²) in [6.45, 7) is 4.10. The Morgan fingerprint density at radius 2 is 2.00 bits per heavy atom. The third kappa shape index (κ3) is 4.21. The van der Waals surface area contributed by atoms with Crippen molar-refractivity contribution < 1.29 is 9.72 Å². The van der Waals surface area contributed by atoms with E-state index >= 15 is 0 Å². The molecule has 1 aliphatic heterocycles. The number of rotatable bonds is 5. The van der Waals surface area contributed by atoms with Crippen LogP contribution in [-0.4, -0.2) is 25.5 Å². The van der Waals surface area contributed by atoms with Crippen LogP contribution >= 0.6 is 23.4 Å². The number of Topliss-reactive ketones (excluding diaryl/α,β-unsaturated/α-hetero) is 1. The maximum atomic E-state index is 13.3. The topological polar surface area (TPSA) is 103 Å². The van der Waals surface area contributed by atoms with Gasteiger partial charge in [-0.2, -0.15) is 4.98 Å². The van der Waals surface area contributed by atoms with Crippen molar-refractivity contribution in [3.63, 3.8) is 0 Å². The van der Waals surface area contributed by atoms with Crippen LogP contribution < -0.4 is 5.32 Å². The van der Waals surface area contributed by atoms with Crippen LogP contribution in [0.2, 0.25) is 5.02 Å². The largest absolute Gasteiger partial charge is 0.328 e. The molecule has 10 heteroatoms. The van der Waals surface area contributed by atoms with Gasteiger partial charge >= 0.3 is 0 Å². The summed E-state index contributed by atoms with van der Waals surface area (Å²) in [5, 5.41) is 20.4. The van der Waals surface area contributed by atoms with Crippen molar-refractivity contribution in [2.45, 2.75) is 43.6 Å². The van der Waals surface area contributed by atoms with Crippen LogP contribution in [0.3, 0.4) is 0 Å². The number of nitro groups is 1. The lowest BCUT2D eigenvalue weighted by molar-refractivity contribution is -0.384. The summed E-state index contributed by atoms with van der Waals surface area (Å²) >= 11 is 8.02. The highest BCUT2D eigenvalue weighted by Crippen LogP contribution is 2.47. The first kappa shape index (κ1) is 22.6. The molecule has 174 valence electrons. The van der Waals surface area contributed by atoms with Gasteiger partial charge in [0.2, 0.25) is 11.1 Å². The van der Waals surface area contributed by atoms with Gasteiger partial charge in [0.1, 0.15) is 6.04 Å². The fourth-order valence-corrected chi connectivity index (χ4v) is 5.52. The van der Waals surface area contributed by atoms with Crippen molar-refractivity contribution in [1.82, 2.24) is 14.8 Å². The number of non-ortho nitro benzene ring substituents is 1. The number of aromatic nitrogens is 3. The molecule has 3 aromatic rings. The Kier molecular flexibility index (Phi) is 5.69. The number of fused-ring (bicyclic) bond motifs is 1. The number of nitrogens with one attached hydrogen (secondary N) is 1. The van der Waals surface area contributed by atoms with Gasteiger partial charge in [-0.25, -0.2) is 4.68 Å². The van der Waals surface area contributed by atoms with E-state index in [0.29, 0.717) is 45.9 Å². The molecule has 2 aliphatic rings. The van der Waals surface area contributed by atoms with E-state index in [1.165, 1.54) is 30.0 Å². The number of anilines is 1. The van der Waals surface area contributed by atoms with Gasteiger partial charge in [-0.1, -0.05) is 67.5 Å². The normalized spacial score (nSPS) is 18.8. The Morgan fingerprint density at radius 1 is 1.24 bits per heavy atom. The molecule has 2 heterocycles. The highest BCUT2D eigenvalue weighted by atomic mass is 35.5. The van der Waals surface area contributed by atoms with Gasteiger partial charge < -0.3 is 5.32 Å². The van der Waals surface area contributed by atoms with Crippen molar-refractivity contribution in [2.24, 2.45) is 5.41 Å². The molecule has 1 aromatic heterocycles. The molecule has 1 atom stereocenters. The summed E-state index contributed by atoms with van der Waals surface area (Å²) in [6.07, 6.45) is 1.02. The molecule has 2 aromatic carbocycles. The van der Waals surface area contributed by atoms with E-state index in [4.69, 9.17) is 16.7 Å². The van der Waals surface area contributed by atoms with Crippen LogP contribution in [0.5, 0.6) is 0 Å². The van der Waals surface area contributed by atoms with Gasteiger partial charge in [-0.15, -0.1) is 5.10 Å². The van der Waals surface area contributed by atoms with E-state index < -0.39 is 11.0 Å². The van der Waals surface area contributed by atoms with Gasteiger partial charge in [0.25, 0.3) is 5.69 Å². The average Bonchev–Trinajstić information content (AvgIpc) is 3.19. The minimum Gasteiger partial charge on any atom is -0.328 e. The van der Waals surface area contributed by atoms with E-state index in [2.05, 4.69) is 10.3 Å². The number of carbonyl (C=O) groups excluding carboxylic acids is 1. The van der Waals surface area contributed by atoms with Crippen LogP contribution in [0, 0.1) is 15.5 Å². The highest BCUT2D eigenvalue weighted by molar-refractivity contribution is 7.98. The Labute approximate surface area is 205 Å². The minimum absolute atomic E-state index is 0.0223. The number of hydrogen-bond acceptors (Lipinski definition) is 7. The molecular formula is C24H22ClN5O3S. The zero-order chi connectivity index (χ0) is 24.0. The van der Waals surface area contributed by atoms with Gasteiger partial charge in [0.05, 0.1) is 4.92 Å². The number of carbonyl (C=O) groups is 1. The minimum atomic E-state index is -0.694. The molecule has 0 saturated heterocycles. The zero-order valence-electron chi connectivity index (χ0n) is 18.6. The second-order valence-corrected chi connectivity index (χ2v) is 10.6. The molecule has 0 saturated carbocycles. The molecule has 34 heavy (non-hydrogen) atoms. The first-order valence-electron chi connectivity index (χ1n) is 10.8. The summed E-state index contributed by atoms with van der Waals surface area (Å²) in [7, 11) is 0. The average molecular weight is 496 g/mol. The van der Waals surface area contributed by atoms with Crippen molar-refractivity contribution in [3.05, 3.63) is 86.1 Å². The van der Waals surface area contributed by atoms with Crippen LogP contribution in [0.25, 0.3) is 0 Å². The van der Waals surface area contributed by atoms with Crippen molar-refractivity contribution in [1.29, 1.82) is 0 Å². The second kappa shape index (κ2) is 8.56. The number of benzene rings is 2. The van der Waals surface area contributed by atoms with E-state index in [1.807, 2.05) is 44.2 Å². The van der Waals surface area contributed by atoms with Gasteiger partial charge in [-0.05, 0) is 23.5 Å². The predicted molar refractivity (Wildman–Crippen MR) is 131 cm³/mol. The predicted octanol–water partition coefficient (Wildman–Crippen LogP) is 5.79. The summed E-state index contributed by atoms with van der Waals surface area (Å²) in [5.41, 5.74) is 2.60. The molecule has 5 rings (SSSR count). The SMILES string of the molecule is CC1(C)CC(=O)C2=C(C1)Nc1nc(SCc3ccccc3)nn1C2c1cc([N+](=O)[O-])ccc1Cl. The first-order chi connectivity index (χ1) is 16.2. The molecule has 0 fully saturated rings. The number of allylic oxidation sites excluding steroid dienone is 2. The van der Waals surface area contributed by atoms with Crippen molar-refractivity contribution in [3.8, 4) is 0 Å². The molecule has 0 amide bonds. The molecule has 1 N–H and O–H groups in total. The lowest BCUT2D eigenvalue weighted by Gasteiger charge is -2.38. The number of nitro benzene ring substituents is 1. The third-order valence-corrected chi connectivity index (χ3v) is 7.26. The molecule has 0 spiro atoms. The van der Waals surface area contributed by atoms with E-state index in [1.54, 1.807) is 4.68 Å². The van der Waals surface area contributed by atoms with Crippen LogP contribution in [0.4, 0.5) is 11.6 Å². The smallest absolute Gasteiger partial charge is 0.269 e. The number of nitrogens with zero attached hydrogens (tertiary/aromatic N) is 4. The molecule has 1 unspecified atom stereocenters. The lowest BCUT2D eigenvalue weighted by atomic mass is 9.73. The summed E-state index contributed by atoms with van der Waals surface area (Å²) in [5.74, 6) is 1.16. The van der Waals surface area contributed by atoms with Gasteiger partial charge in [0, 0.05) is 46.2 Å². The van der Waals surface area contributed by atoms with E-state index in [-0.39, 0.29) is 16.9 Å². The summed E-state index contributed by atoms with van der Waals surface area (Å²) < 4.78 is 1.63. The molecular weight excluding hydrogens is 474 g/mol. The molecule has 0 radical (unpaired) electrons. The first-order valence-corrected chi connectivity index (χ1v) is 12.2. The van der Waals surface area contributed by atoms with E-state index in [9.17, 15) is 14.9 Å². The van der Waals surface area contributed by atoms with Gasteiger partial charge in [0.15, 0.2) is 5.78 Å². The lowest BCUT2D eigenvalue weighted by Crippen LogP contribution is -2.36. The highest BCUT2D eigenvalue weighted by Gasteiger charge is 2.42. The maximum absolute atomic E-state index is 13.3. The van der Waals surface area contributed by atoms with Crippen molar-refractivity contribution in [2.75, 3.05) is 5.32 Å². The molecule has 8 nitrogen and oxygen atoms in total. The fourth-order valence-electron chi connectivity index (χ4n) is 4.51. The second-order valence-electron chi connectivity index (χ2n) is 9.26. The monoisotopic (exact) mass is 495 g/mol. The van der Waals surface area contributed by atoms with Crippen LogP contribution in [0.15, 0.2) is 65.0 Å². The summed E-state index contributed by atoms with van der Waals surface area (Å²) in [6, 6.07) is 13.6. The van der Waals surface area contributed by atoms with E-state index in [0.717, 1.165) is 11.3 Å². The number of hydrogen-bond donors (Lipinski definition) is 1. The number of thioether (sulfide) groups is 1. The number of halogens is 1. The maximum Gasteiger partial charge on any atom is 0.269 e. The third-order valence-electron chi connectivity index (χ3n) is 6.01. The Balaban J connectivity index is 1.60. The zero-order valence-corrected chi connectivity index (χ0v) is 20.2. The van der Waals surface area contributed by atoms with Gasteiger partial charge in [-0.3, -0.25) is 14.9 Å². The standard InChI is InChI=1S/C24H22ClN5O3S/c1-24(2)11-18-20(19(31)12-24)21(16-10-15(30(32)33)8-9-17(16)25)29-22(26-18)27-23(28-29)34-13-14-6-4-3-5-7-14/h3-10,21H,11-13H2,1-2H3,(H,26,27,28). The number of ketones is 1.